The molecule has 0 fully saturated rings. The number of hydrogen-bond donors (Lipinski definition) is 0. The maximum Gasteiger partial charge on any atom is 0.541 e. The topological polar surface area (TPSA) is 111 Å². The molecule has 0 amide bonds. The number of allylic oxidation sites excluding steroid dienone is 6. The van der Waals surface area contributed by atoms with Crippen LogP contribution in [0.1, 0.15) is 276 Å². The standard InChI is InChI=1S/C35H68O6Si5.C28H50O4Si3.C26H40O2/c1-16-18-20-21-29-26-32-34(30-25-28(3)22-23-31(30)35(4,5)36-32)33(27-29)37-43(8,9)39-45(12,13)41-46(14,15)40-44(10,11)38-42(6,7)24-19-17-2;1-12-13-14-15-22-19-25-27(23-18-21(2)16-17-24(23)28(3,4)29-25)26(20-22)30-35(11,31-33(5,6)7)32-34(8,9)10;1-6-8-10-12-20-17-23(27-15-11-9-7-2)25-21-16-19(3)13-14-22(21)26(4,5)28-24(25)18-20/h25-27,30-31H,16-24H2,1-15H3;18-20,23-24H,12-17H2,1-11H3;16-18,21-22H,6-15H2,1-5H3/t30-,31-;23-,24-;21-,22-/m111/s1. The second-order valence-corrected chi connectivity index (χ2v) is 70.2. The van der Waals surface area contributed by atoms with Crippen LogP contribution in [-0.4, -0.2) is 91.4 Å². The van der Waals surface area contributed by atoms with E-state index in [-0.39, 0.29) is 22.7 Å². The van der Waals surface area contributed by atoms with Gasteiger partial charge in [-0.2, -0.15) is 0 Å². The molecule has 109 heavy (non-hydrogen) atoms. The zero-order valence-corrected chi connectivity index (χ0v) is 83.2. The zero-order chi connectivity index (χ0) is 81.2. The molecule has 6 atom stereocenters. The van der Waals surface area contributed by atoms with E-state index in [9.17, 15) is 0 Å². The maximum atomic E-state index is 7.08. The summed E-state index contributed by atoms with van der Waals surface area (Å²) in [6.07, 6.45) is 34.5. The van der Waals surface area contributed by atoms with Gasteiger partial charge >= 0.3 is 43.0 Å². The van der Waals surface area contributed by atoms with Crippen molar-refractivity contribution in [2.75, 3.05) is 6.61 Å². The molecule has 0 saturated heterocycles. The van der Waals surface area contributed by atoms with E-state index < -0.39 is 68.0 Å². The summed E-state index contributed by atoms with van der Waals surface area (Å²) in [4.78, 5) is 0. The Hall–Kier alpha value is -2.82. The van der Waals surface area contributed by atoms with Gasteiger partial charge in [-0.15, -0.1) is 0 Å². The Morgan fingerprint density at radius 1 is 0.358 bits per heavy atom. The van der Waals surface area contributed by atoms with Crippen molar-refractivity contribution >= 4 is 68.0 Å². The summed E-state index contributed by atoms with van der Waals surface area (Å²) in [7, 11) is -18.8. The van der Waals surface area contributed by atoms with Crippen molar-refractivity contribution in [2.24, 2.45) is 17.8 Å². The van der Waals surface area contributed by atoms with E-state index in [1.54, 1.807) is 0 Å². The minimum absolute atomic E-state index is 0.129. The van der Waals surface area contributed by atoms with Gasteiger partial charge in [-0.25, -0.2) is 0 Å². The third-order valence-corrected chi connectivity index (χ3v) is 49.2. The number of aryl methyl sites for hydroxylation is 3. The summed E-state index contributed by atoms with van der Waals surface area (Å²) in [6, 6.07) is 14.9. The SMILES string of the molecule is CCCCCOc1cc(CCCCC)cc2c1[C@@H]1C=C(C)CC[C@H]1C(C)(C)O2.CCCCCc1cc2c(c(O[Si](C)(C)O[Si](C)(C)O[Si](C)(C)O[Si](C)(C)O[Si](C)(C)CCCC)c1)[C@@H]1C=C(C)CC[C@H]1C(C)(C)O2.CCCCCc1cc2c(c(O[Si](C)(O[Si](C)(C)C)O[Si](C)(C)C)c1)[C@@H]1C=C(C)CC[C@H]1C(C)(C)O2. The smallest absolute Gasteiger partial charge is 0.520 e. The van der Waals surface area contributed by atoms with Gasteiger partial charge in [0.1, 0.15) is 51.3 Å². The number of fused-ring (bicyclic) bond motifs is 9. The highest BCUT2D eigenvalue weighted by Gasteiger charge is 2.53. The molecule has 0 spiro atoms. The fraction of sp³-hybridized carbons (Fsp3) is 0.730. The predicted octanol–water partition coefficient (Wildman–Crippen LogP) is 27.6. The molecule has 3 heterocycles. The van der Waals surface area contributed by atoms with Crippen molar-refractivity contribution in [3.63, 3.8) is 0 Å². The van der Waals surface area contributed by atoms with Gasteiger partial charge in [-0.05, 0) is 310 Å². The van der Waals surface area contributed by atoms with E-state index in [0.29, 0.717) is 29.6 Å². The molecule has 3 aromatic rings. The lowest BCUT2D eigenvalue weighted by atomic mass is 9.68. The Labute approximate surface area is 676 Å². The Morgan fingerprint density at radius 3 is 1.02 bits per heavy atom. The second-order valence-electron chi connectivity index (χ2n) is 39.5. The van der Waals surface area contributed by atoms with E-state index in [4.69, 9.17) is 52.5 Å². The van der Waals surface area contributed by atoms with Gasteiger partial charge < -0.3 is 52.5 Å². The van der Waals surface area contributed by atoms with Crippen LogP contribution < -0.4 is 27.8 Å². The second kappa shape index (κ2) is 38.5. The van der Waals surface area contributed by atoms with Crippen molar-refractivity contribution in [1.29, 1.82) is 0 Å². The van der Waals surface area contributed by atoms with Crippen molar-refractivity contribution < 1.29 is 52.5 Å². The van der Waals surface area contributed by atoms with Crippen molar-refractivity contribution in [2.45, 2.75) is 397 Å². The van der Waals surface area contributed by atoms with Gasteiger partial charge in [0.25, 0.3) is 0 Å². The van der Waals surface area contributed by atoms with Crippen molar-refractivity contribution in [3.05, 3.63) is 105 Å². The van der Waals surface area contributed by atoms with E-state index >= 15 is 0 Å². The highest BCUT2D eigenvalue weighted by Crippen LogP contribution is 2.58. The quantitative estimate of drug-likeness (QED) is 0.0314. The van der Waals surface area contributed by atoms with Crippen LogP contribution in [0, 0.1) is 17.8 Å². The molecule has 20 heteroatoms. The molecule has 6 aliphatic rings. The average molecular weight is 1640 g/mol. The molecule has 9 rings (SSSR count). The molecule has 3 aliphatic carbocycles. The van der Waals surface area contributed by atoms with Crippen LogP contribution in [0.5, 0.6) is 34.5 Å². The molecule has 3 aliphatic heterocycles. The summed E-state index contributed by atoms with van der Waals surface area (Å²) in [6.45, 7) is 69.8. The van der Waals surface area contributed by atoms with Crippen LogP contribution in [0.2, 0.25) is 117 Å². The fourth-order valence-corrected chi connectivity index (χ4v) is 52.5. The number of benzene rings is 3. The molecule has 12 nitrogen and oxygen atoms in total. The van der Waals surface area contributed by atoms with Gasteiger partial charge in [-0.3, -0.25) is 0 Å². The first-order valence-electron chi connectivity index (χ1n) is 43.3. The minimum atomic E-state index is -2.94. The summed E-state index contributed by atoms with van der Waals surface area (Å²) in [5.74, 6) is 8.32. The molecule has 0 aromatic heterocycles. The zero-order valence-electron chi connectivity index (χ0n) is 75.2. The van der Waals surface area contributed by atoms with Gasteiger partial charge in [-0.1, -0.05) is 134 Å². The molecule has 0 radical (unpaired) electrons. The predicted molar refractivity (Wildman–Crippen MR) is 479 cm³/mol. The number of rotatable bonds is 36. The van der Waals surface area contributed by atoms with Gasteiger partial charge in [0.2, 0.25) is 0 Å². The molecule has 0 saturated carbocycles. The first kappa shape index (κ1) is 93.3. The Bertz CT molecular complexity index is 3520. The van der Waals surface area contributed by atoms with Crippen molar-refractivity contribution in [3.8, 4) is 34.5 Å². The Balaban J connectivity index is 0.000000235. The highest BCUT2D eigenvalue weighted by molar-refractivity contribution is 6.90. The first-order valence-corrected chi connectivity index (χ1v) is 66.7. The van der Waals surface area contributed by atoms with Gasteiger partial charge in [0, 0.05) is 58.7 Å². The van der Waals surface area contributed by atoms with E-state index in [1.165, 1.54) is 140 Å². The lowest BCUT2D eigenvalue weighted by Crippen LogP contribution is -2.59. The van der Waals surface area contributed by atoms with Gasteiger partial charge in [0.05, 0.1) is 6.61 Å². The van der Waals surface area contributed by atoms with Crippen LogP contribution in [-0.2, 0) is 44.0 Å². The Kier molecular flexibility index (Phi) is 33.0. The molecule has 0 N–H and O–H groups in total. The number of hydrogen-bond acceptors (Lipinski definition) is 12. The number of ether oxygens (including phenoxy) is 4. The third-order valence-electron chi connectivity index (χ3n) is 22.5. The van der Waals surface area contributed by atoms with Gasteiger partial charge in [0.15, 0.2) is 25.0 Å². The summed E-state index contributed by atoms with van der Waals surface area (Å²) < 4.78 is 81.6. The molecular weight excluding hydrogens is 1490 g/mol. The summed E-state index contributed by atoms with van der Waals surface area (Å²) in [5.41, 5.74) is 11.5. The normalized spacial score (nSPS) is 21.6. The maximum absolute atomic E-state index is 7.08. The highest BCUT2D eigenvalue weighted by atomic mass is 28.5. The lowest BCUT2D eigenvalue weighted by Gasteiger charge is -2.47. The number of unbranched alkanes of at least 4 members (excludes halogenated alkanes) is 9. The van der Waals surface area contributed by atoms with Crippen LogP contribution in [0.4, 0.5) is 0 Å². The van der Waals surface area contributed by atoms with Crippen LogP contribution in [0.3, 0.4) is 0 Å². The third kappa shape index (κ3) is 27.7. The molecular formula is C89H158O12Si8. The molecule has 618 valence electrons. The lowest BCUT2D eigenvalue weighted by molar-refractivity contribution is 0.0102. The molecule has 3 aromatic carbocycles. The van der Waals surface area contributed by atoms with Crippen LogP contribution in [0.15, 0.2) is 71.3 Å². The molecule has 0 bridgehead atoms. The van der Waals surface area contributed by atoms with E-state index in [2.05, 4.69) is 263 Å². The first-order chi connectivity index (χ1) is 50.5. The van der Waals surface area contributed by atoms with Crippen molar-refractivity contribution in [1.82, 2.24) is 0 Å². The monoisotopic (exact) mass is 1640 g/mol. The van der Waals surface area contributed by atoms with Crippen LogP contribution >= 0.6 is 0 Å². The largest absolute Gasteiger partial charge is 0.541 e. The Morgan fingerprint density at radius 2 is 0.670 bits per heavy atom. The van der Waals surface area contributed by atoms with E-state index in [1.807, 2.05) is 0 Å². The average Bonchev–Trinajstić information content (AvgIpc) is 0.746. The summed E-state index contributed by atoms with van der Waals surface area (Å²) >= 11 is 0. The fourth-order valence-electron chi connectivity index (χ4n) is 18.5. The molecule has 0 unspecified atom stereocenters. The minimum Gasteiger partial charge on any atom is -0.520 e. The summed E-state index contributed by atoms with van der Waals surface area (Å²) in [5, 5.41) is 0. The van der Waals surface area contributed by atoms with Crippen LogP contribution in [0.25, 0.3) is 0 Å². The van der Waals surface area contributed by atoms with E-state index in [0.717, 1.165) is 105 Å².